The van der Waals surface area contributed by atoms with Gasteiger partial charge in [0.25, 0.3) is 0 Å². The highest BCUT2D eigenvalue weighted by atomic mass is 16.7. The predicted molar refractivity (Wildman–Crippen MR) is 179 cm³/mol. The first-order valence-corrected chi connectivity index (χ1v) is 17.0. The van der Waals surface area contributed by atoms with Gasteiger partial charge in [0.1, 0.15) is 18.1 Å². The summed E-state index contributed by atoms with van der Waals surface area (Å²) in [5.41, 5.74) is -1.15. The summed E-state index contributed by atoms with van der Waals surface area (Å²) in [4.78, 5) is 34.4. The SMILES string of the molecule is CO[C@]1(C)C[C@@H](C)CN(C)CCCN(Cc2ccccc2)CCOC(=O)C(C)(C)C(=O)[C@H](C)[C@H]1O[C@@H]1O[C@H](C)C[C@H](N(C)C)[C@H]1O. The van der Waals surface area contributed by atoms with Crippen molar-refractivity contribution >= 4 is 11.8 Å². The van der Waals surface area contributed by atoms with Gasteiger partial charge >= 0.3 is 5.97 Å². The van der Waals surface area contributed by atoms with Crippen LogP contribution in [0.3, 0.4) is 0 Å². The van der Waals surface area contributed by atoms with E-state index >= 15 is 0 Å². The molecule has 0 radical (unpaired) electrons. The summed E-state index contributed by atoms with van der Waals surface area (Å²) in [6.07, 6.45) is -0.662. The number of ether oxygens (including phenoxy) is 4. The fraction of sp³-hybridized carbons (Fsp3) is 0.778. The number of hydrogen-bond donors (Lipinski definition) is 1. The Kier molecular flexibility index (Phi) is 14.2. The normalized spacial score (nSPS) is 35.1. The van der Waals surface area contributed by atoms with Crippen molar-refractivity contribution < 1.29 is 33.6 Å². The van der Waals surface area contributed by atoms with E-state index in [-0.39, 0.29) is 30.5 Å². The van der Waals surface area contributed by atoms with Gasteiger partial charge in [0.05, 0.1) is 17.8 Å². The minimum absolute atomic E-state index is 0.156. The van der Waals surface area contributed by atoms with E-state index in [1.165, 1.54) is 5.56 Å². The Bertz CT molecular complexity index is 1100. The lowest BCUT2D eigenvalue weighted by atomic mass is 9.74. The summed E-state index contributed by atoms with van der Waals surface area (Å²) in [5.74, 6) is -1.44. The molecule has 10 nitrogen and oxygen atoms in total. The van der Waals surface area contributed by atoms with Crippen LogP contribution >= 0.6 is 0 Å². The quantitative estimate of drug-likeness (QED) is 0.362. The van der Waals surface area contributed by atoms with E-state index in [2.05, 4.69) is 35.9 Å². The number of esters is 1. The Morgan fingerprint density at radius 2 is 1.72 bits per heavy atom. The van der Waals surface area contributed by atoms with E-state index in [9.17, 15) is 14.7 Å². The third-order valence-corrected chi connectivity index (χ3v) is 9.90. The van der Waals surface area contributed by atoms with E-state index in [1.54, 1.807) is 27.9 Å². The minimum Gasteiger partial charge on any atom is -0.464 e. The lowest BCUT2D eigenvalue weighted by molar-refractivity contribution is -0.295. The first kappa shape index (κ1) is 38.5. The molecule has 2 aliphatic heterocycles. The maximum Gasteiger partial charge on any atom is 0.319 e. The van der Waals surface area contributed by atoms with Crippen molar-refractivity contribution in [2.24, 2.45) is 17.3 Å². The molecule has 10 heteroatoms. The second-order valence-electron chi connectivity index (χ2n) is 14.7. The van der Waals surface area contributed by atoms with Gasteiger partial charge in [-0.3, -0.25) is 14.5 Å². The fourth-order valence-corrected chi connectivity index (χ4v) is 7.22. The molecular formula is C36H61N3O7. The van der Waals surface area contributed by atoms with Gasteiger partial charge < -0.3 is 33.9 Å². The molecule has 2 fully saturated rings. The van der Waals surface area contributed by atoms with Crippen LogP contribution in [0.5, 0.6) is 0 Å². The molecule has 1 aromatic carbocycles. The van der Waals surface area contributed by atoms with Crippen molar-refractivity contribution in [1.29, 1.82) is 0 Å². The van der Waals surface area contributed by atoms with Crippen LogP contribution in [0.4, 0.5) is 0 Å². The van der Waals surface area contributed by atoms with Crippen LogP contribution in [0.15, 0.2) is 30.3 Å². The second-order valence-corrected chi connectivity index (χ2v) is 14.7. The fourth-order valence-electron chi connectivity index (χ4n) is 7.22. The number of hydrogen-bond acceptors (Lipinski definition) is 10. The smallest absolute Gasteiger partial charge is 0.319 e. The Labute approximate surface area is 277 Å². The van der Waals surface area contributed by atoms with Gasteiger partial charge in [-0.2, -0.15) is 0 Å². The zero-order chi connectivity index (χ0) is 34.2. The van der Waals surface area contributed by atoms with Crippen LogP contribution in [-0.2, 0) is 35.1 Å². The number of aliphatic hydroxyl groups excluding tert-OH is 1. The summed E-state index contributed by atoms with van der Waals surface area (Å²) >= 11 is 0. The number of Topliss-reactive ketones (excluding diaryl/α,β-unsaturated/α-hetero) is 1. The van der Waals surface area contributed by atoms with E-state index in [1.807, 2.05) is 51.0 Å². The van der Waals surface area contributed by atoms with E-state index in [4.69, 9.17) is 18.9 Å². The van der Waals surface area contributed by atoms with Crippen molar-refractivity contribution in [3.63, 3.8) is 0 Å². The molecule has 0 saturated carbocycles. The van der Waals surface area contributed by atoms with E-state index in [0.717, 1.165) is 32.6 Å². The Morgan fingerprint density at radius 3 is 2.35 bits per heavy atom. The molecule has 2 heterocycles. The molecule has 1 N–H and O–H groups in total. The van der Waals surface area contributed by atoms with Crippen LogP contribution in [0.25, 0.3) is 0 Å². The topological polar surface area (TPSA) is 101 Å². The molecule has 0 spiro atoms. The monoisotopic (exact) mass is 647 g/mol. The molecule has 8 atom stereocenters. The standard InChI is InChI=1S/C36H61N3O7/c1-25-22-36(6,43-10)32(46-33-30(40)29(37(7)8)21-26(2)45-33)27(3)31(41)35(4,5)34(42)44-20-19-39(18-14-17-38(9)23-25)24-28-15-12-11-13-16-28/h11-13,15-16,25-27,29-30,32-33,40H,14,17-24H2,1-10H3/t25-,26-,27+,29+,30-,32-,33+,36-/m1/s1. The number of benzene rings is 1. The Morgan fingerprint density at radius 1 is 1.04 bits per heavy atom. The molecule has 2 saturated heterocycles. The van der Waals surface area contributed by atoms with E-state index in [0.29, 0.717) is 19.4 Å². The first-order valence-electron chi connectivity index (χ1n) is 17.0. The average Bonchev–Trinajstić information content (AvgIpc) is 2.99. The molecule has 0 unspecified atom stereocenters. The highest BCUT2D eigenvalue weighted by Crippen LogP contribution is 2.38. The molecule has 262 valence electrons. The van der Waals surface area contributed by atoms with Crippen molar-refractivity contribution in [2.75, 3.05) is 61.0 Å². The van der Waals surface area contributed by atoms with Crippen LogP contribution in [-0.4, -0.2) is 129 Å². The maximum absolute atomic E-state index is 14.3. The summed E-state index contributed by atoms with van der Waals surface area (Å²) in [7, 11) is 7.62. The number of carbonyl (C=O) groups excluding carboxylic acids is 2. The van der Waals surface area contributed by atoms with Gasteiger partial charge in [-0.1, -0.05) is 44.2 Å². The molecular weight excluding hydrogens is 586 g/mol. The van der Waals surface area contributed by atoms with Crippen molar-refractivity contribution in [2.45, 2.75) is 104 Å². The van der Waals surface area contributed by atoms with Gasteiger partial charge in [0, 0.05) is 38.7 Å². The number of methoxy groups -OCH3 is 1. The third-order valence-electron chi connectivity index (χ3n) is 9.90. The molecule has 3 rings (SSSR count). The van der Waals surface area contributed by atoms with Crippen LogP contribution in [0.2, 0.25) is 0 Å². The lowest BCUT2D eigenvalue weighted by Crippen LogP contribution is -2.59. The van der Waals surface area contributed by atoms with Crippen molar-refractivity contribution in [1.82, 2.24) is 14.7 Å². The number of aliphatic hydroxyl groups is 1. The Hall–Kier alpha value is -1.92. The number of ketones is 1. The zero-order valence-electron chi connectivity index (χ0n) is 30.0. The van der Waals surface area contributed by atoms with Crippen molar-refractivity contribution in [3.05, 3.63) is 35.9 Å². The number of nitrogens with zero attached hydrogens (tertiary/aromatic N) is 3. The summed E-state index contributed by atoms with van der Waals surface area (Å²) in [6, 6.07) is 10.1. The predicted octanol–water partition coefficient (Wildman–Crippen LogP) is 3.84. The minimum atomic E-state index is -1.43. The highest BCUT2D eigenvalue weighted by molar-refractivity contribution is 6.04. The molecule has 2 aliphatic rings. The molecule has 0 bridgehead atoms. The lowest BCUT2D eigenvalue weighted by Gasteiger charge is -2.47. The molecule has 0 aliphatic carbocycles. The second kappa shape index (κ2) is 17.0. The summed E-state index contributed by atoms with van der Waals surface area (Å²) in [5, 5.41) is 11.3. The zero-order valence-corrected chi connectivity index (χ0v) is 30.0. The van der Waals surface area contributed by atoms with Gasteiger partial charge in [-0.25, -0.2) is 0 Å². The Balaban J connectivity index is 1.92. The van der Waals surface area contributed by atoms with Gasteiger partial charge in [0.15, 0.2) is 12.1 Å². The van der Waals surface area contributed by atoms with Gasteiger partial charge in [-0.05, 0) is 92.7 Å². The van der Waals surface area contributed by atoms with Crippen LogP contribution in [0.1, 0.15) is 66.4 Å². The number of rotatable bonds is 6. The first-order chi connectivity index (χ1) is 21.6. The molecule has 1 aromatic rings. The van der Waals surface area contributed by atoms with Gasteiger partial charge in [-0.15, -0.1) is 0 Å². The number of carbonyl (C=O) groups is 2. The number of cyclic esters (lactones) is 1. The molecule has 0 amide bonds. The largest absolute Gasteiger partial charge is 0.464 e. The van der Waals surface area contributed by atoms with Crippen LogP contribution in [0, 0.1) is 17.3 Å². The van der Waals surface area contributed by atoms with Crippen LogP contribution < -0.4 is 0 Å². The van der Waals surface area contributed by atoms with E-state index < -0.39 is 41.4 Å². The number of likely N-dealkylation sites (N-methyl/N-ethyl adjacent to an activating group) is 1. The average molecular weight is 648 g/mol. The summed E-state index contributed by atoms with van der Waals surface area (Å²) < 4.78 is 24.8. The highest BCUT2D eigenvalue weighted by Gasteiger charge is 2.51. The molecule has 0 aromatic heterocycles. The van der Waals surface area contributed by atoms with Gasteiger partial charge in [0.2, 0.25) is 0 Å². The van der Waals surface area contributed by atoms with Crippen molar-refractivity contribution in [3.8, 4) is 0 Å². The maximum atomic E-state index is 14.3. The third kappa shape index (κ3) is 10.0. The summed E-state index contributed by atoms with van der Waals surface area (Å²) in [6.45, 7) is 15.2. The molecule has 46 heavy (non-hydrogen) atoms.